The molecule has 3 rings (SSSR count). The number of aromatic nitrogens is 2. The summed E-state index contributed by atoms with van der Waals surface area (Å²) in [7, 11) is 0. The van der Waals surface area contributed by atoms with Gasteiger partial charge in [-0.15, -0.1) is 0 Å². The highest BCUT2D eigenvalue weighted by Crippen LogP contribution is 2.28. The molecule has 1 unspecified atom stereocenters. The summed E-state index contributed by atoms with van der Waals surface area (Å²) in [6.07, 6.45) is 2.16. The van der Waals surface area contributed by atoms with E-state index in [2.05, 4.69) is 15.0 Å². The van der Waals surface area contributed by atoms with E-state index in [1.807, 2.05) is 12.1 Å². The van der Waals surface area contributed by atoms with Gasteiger partial charge in [0.2, 0.25) is 5.89 Å². The van der Waals surface area contributed by atoms with Gasteiger partial charge in [-0.3, -0.25) is 4.90 Å². The van der Waals surface area contributed by atoms with Crippen LogP contribution in [0.15, 0.2) is 28.8 Å². The third-order valence-corrected chi connectivity index (χ3v) is 4.05. The van der Waals surface area contributed by atoms with Crippen molar-refractivity contribution in [3.63, 3.8) is 0 Å². The summed E-state index contributed by atoms with van der Waals surface area (Å²) in [5.41, 5.74) is 1.44. The Morgan fingerprint density at radius 2 is 2.36 bits per heavy atom. The van der Waals surface area contributed by atoms with Crippen molar-refractivity contribution in [2.45, 2.75) is 32.2 Å². The summed E-state index contributed by atoms with van der Waals surface area (Å²) in [5.74, 6) is 0.757. The van der Waals surface area contributed by atoms with Gasteiger partial charge < -0.3 is 9.63 Å². The molecule has 0 bridgehead atoms. The second kappa shape index (κ2) is 6.27. The second-order valence-electron chi connectivity index (χ2n) is 5.73. The first-order valence-electron chi connectivity index (χ1n) is 7.46. The molecule has 0 spiro atoms. The average Bonchev–Trinajstić information content (AvgIpc) is 2.93. The lowest BCUT2D eigenvalue weighted by molar-refractivity contribution is 0.0696. The Balaban J connectivity index is 1.70. The highest BCUT2D eigenvalue weighted by molar-refractivity contribution is 5.87. The Labute approximate surface area is 128 Å². The number of hydrogen-bond acceptors (Lipinski definition) is 5. The first kappa shape index (κ1) is 14.7. The zero-order chi connectivity index (χ0) is 15.5. The van der Waals surface area contributed by atoms with Crippen LogP contribution in [-0.2, 0) is 6.54 Å². The monoisotopic (exact) mass is 301 g/mol. The van der Waals surface area contributed by atoms with Crippen LogP contribution in [0.1, 0.15) is 46.4 Å². The van der Waals surface area contributed by atoms with Crippen LogP contribution in [0, 0.1) is 6.92 Å². The summed E-state index contributed by atoms with van der Waals surface area (Å²) in [6, 6.07) is 7.25. The van der Waals surface area contributed by atoms with E-state index in [1.165, 1.54) is 0 Å². The van der Waals surface area contributed by atoms with Crippen molar-refractivity contribution in [3.8, 4) is 0 Å². The van der Waals surface area contributed by atoms with Gasteiger partial charge in [-0.1, -0.05) is 17.3 Å². The fourth-order valence-corrected chi connectivity index (χ4v) is 3.00. The number of nitrogens with zero attached hydrogens (tertiary/aromatic N) is 3. The van der Waals surface area contributed by atoms with Crippen molar-refractivity contribution in [1.29, 1.82) is 0 Å². The molecular weight excluding hydrogens is 282 g/mol. The third-order valence-electron chi connectivity index (χ3n) is 4.05. The highest BCUT2D eigenvalue weighted by atomic mass is 16.5. The normalized spacial score (nSPS) is 19.2. The van der Waals surface area contributed by atoms with Crippen LogP contribution in [0.4, 0.5) is 0 Å². The molecular formula is C16H19N3O3. The molecule has 0 aliphatic carbocycles. The van der Waals surface area contributed by atoms with Crippen LogP contribution in [0.5, 0.6) is 0 Å². The number of carboxylic acid groups (broad SMARTS) is 1. The number of aryl methyl sites for hydroxylation is 1. The molecule has 1 atom stereocenters. The molecule has 116 valence electrons. The van der Waals surface area contributed by atoms with Crippen molar-refractivity contribution < 1.29 is 14.4 Å². The van der Waals surface area contributed by atoms with E-state index in [1.54, 1.807) is 19.1 Å². The van der Waals surface area contributed by atoms with Crippen LogP contribution in [0.3, 0.4) is 0 Å². The predicted molar refractivity (Wildman–Crippen MR) is 79.7 cm³/mol. The maximum absolute atomic E-state index is 11.1. The molecule has 1 aliphatic rings. The fourth-order valence-electron chi connectivity index (χ4n) is 3.00. The van der Waals surface area contributed by atoms with Crippen LogP contribution in [-0.4, -0.2) is 39.2 Å². The first-order valence-corrected chi connectivity index (χ1v) is 7.46. The summed E-state index contributed by atoms with van der Waals surface area (Å²) in [6.45, 7) is 4.35. The van der Waals surface area contributed by atoms with Crippen LogP contribution in [0.25, 0.3) is 0 Å². The third kappa shape index (κ3) is 3.33. The number of carbonyl (C=O) groups is 1. The van der Waals surface area contributed by atoms with E-state index >= 15 is 0 Å². The van der Waals surface area contributed by atoms with Crippen LogP contribution in [0.2, 0.25) is 0 Å². The predicted octanol–water partition coefficient (Wildman–Crippen LogP) is 2.46. The molecule has 6 nitrogen and oxygen atoms in total. The van der Waals surface area contributed by atoms with Gasteiger partial charge in [0.25, 0.3) is 0 Å². The topological polar surface area (TPSA) is 79.5 Å². The molecule has 1 aliphatic heterocycles. The van der Waals surface area contributed by atoms with E-state index < -0.39 is 5.97 Å². The molecule has 1 aromatic carbocycles. The smallest absolute Gasteiger partial charge is 0.335 e. The number of benzene rings is 1. The Kier molecular flexibility index (Phi) is 4.20. The van der Waals surface area contributed by atoms with Gasteiger partial charge in [0, 0.05) is 13.5 Å². The second-order valence-corrected chi connectivity index (χ2v) is 5.73. The number of hydrogen-bond donors (Lipinski definition) is 1. The number of carboxylic acids is 1. The number of rotatable bonds is 4. The molecule has 2 heterocycles. The van der Waals surface area contributed by atoms with E-state index in [9.17, 15) is 4.79 Å². The van der Waals surface area contributed by atoms with E-state index in [0.29, 0.717) is 29.7 Å². The molecule has 0 amide bonds. The Hall–Kier alpha value is -2.21. The van der Waals surface area contributed by atoms with E-state index in [-0.39, 0.29) is 0 Å². The average molecular weight is 301 g/mol. The molecule has 0 saturated carbocycles. The van der Waals surface area contributed by atoms with Crippen molar-refractivity contribution >= 4 is 5.97 Å². The molecule has 1 N–H and O–H groups in total. The summed E-state index contributed by atoms with van der Waals surface area (Å²) in [5, 5.41) is 13.1. The number of likely N-dealkylation sites (tertiary alicyclic amines) is 1. The zero-order valence-electron chi connectivity index (χ0n) is 12.5. The van der Waals surface area contributed by atoms with Gasteiger partial charge >= 0.3 is 5.97 Å². The molecule has 1 fully saturated rings. The van der Waals surface area contributed by atoms with E-state index in [4.69, 9.17) is 9.63 Å². The zero-order valence-corrected chi connectivity index (χ0v) is 12.5. The lowest BCUT2D eigenvalue weighted by atomic mass is 9.89. The molecule has 1 aromatic heterocycles. The number of aromatic carboxylic acids is 1. The molecule has 0 radical (unpaired) electrons. The van der Waals surface area contributed by atoms with Crippen molar-refractivity contribution in [3.05, 3.63) is 47.1 Å². The van der Waals surface area contributed by atoms with Crippen molar-refractivity contribution in [2.75, 3.05) is 13.1 Å². The summed E-state index contributed by atoms with van der Waals surface area (Å²) >= 11 is 0. The van der Waals surface area contributed by atoms with Gasteiger partial charge in [-0.05, 0) is 43.0 Å². The van der Waals surface area contributed by atoms with Gasteiger partial charge in [0.15, 0.2) is 5.82 Å². The molecule has 22 heavy (non-hydrogen) atoms. The van der Waals surface area contributed by atoms with Crippen LogP contribution < -0.4 is 0 Å². The Morgan fingerprint density at radius 1 is 1.50 bits per heavy atom. The van der Waals surface area contributed by atoms with Gasteiger partial charge in [0.05, 0.1) is 12.1 Å². The number of piperidine rings is 1. The minimum Gasteiger partial charge on any atom is -0.478 e. The SMILES string of the molecule is Cc1nc(CN2CCCC(c3cccc(C(=O)O)c3)C2)no1. The van der Waals surface area contributed by atoms with Crippen LogP contribution >= 0.6 is 0 Å². The molecule has 1 saturated heterocycles. The van der Waals surface area contributed by atoms with Gasteiger partial charge in [0.1, 0.15) is 0 Å². The molecule has 2 aromatic rings. The maximum Gasteiger partial charge on any atom is 0.335 e. The molecule has 6 heteroatoms. The van der Waals surface area contributed by atoms with Crippen molar-refractivity contribution in [2.24, 2.45) is 0 Å². The minimum absolute atomic E-state index is 0.348. The highest BCUT2D eigenvalue weighted by Gasteiger charge is 2.23. The van der Waals surface area contributed by atoms with Gasteiger partial charge in [-0.25, -0.2) is 4.79 Å². The Morgan fingerprint density at radius 3 is 3.09 bits per heavy atom. The lowest BCUT2D eigenvalue weighted by Crippen LogP contribution is -2.34. The van der Waals surface area contributed by atoms with E-state index in [0.717, 1.165) is 31.5 Å². The Bertz CT molecular complexity index is 668. The fraction of sp³-hybridized carbons (Fsp3) is 0.438. The van der Waals surface area contributed by atoms with Crippen molar-refractivity contribution in [1.82, 2.24) is 15.0 Å². The summed E-state index contributed by atoms with van der Waals surface area (Å²) < 4.78 is 5.01. The minimum atomic E-state index is -0.878. The quantitative estimate of drug-likeness (QED) is 0.934. The first-order chi connectivity index (χ1) is 10.6. The van der Waals surface area contributed by atoms with Gasteiger partial charge in [-0.2, -0.15) is 4.98 Å². The lowest BCUT2D eigenvalue weighted by Gasteiger charge is -2.32. The largest absolute Gasteiger partial charge is 0.478 e. The maximum atomic E-state index is 11.1. The standard InChI is InChI=1S/C16H19N3O3/c1-11-17-15(18-22-11)10-19-7-3-6-14(9-19)12-4-2-5-13(8-12)16(20)21/h2,4-5,8,14H,3,6-7,9-10H2,1H3,(H,20,21). The summed E-state index contributed by atoms with van der Waals surface area (Å²) in [4.78, 5) is 17.6.